The van der Waals surface area contributed by atoms with E-state index >= 15 is 0 Å². The SMILES string of the molecule is CCNC(=NCc1ccccc1CC)N1CCN(CC(=O)NCCOC)CC1.I. The van der Waals surface area contributed by atoms with E-state index in [1.165, 1.54) is 11.1 Å². The van der Waals surface area contributed by atoms with Crippen LogP contribution in [0, 0.1) is 0 Å². The van der Waals surface area contributed by atoms with Gasteiger partial charge in [-0.15, -0.1) is 24.0 Å². The summed E-state index contributed by atoms with van der Waals surface area (Å²) < 4.78 is 4.96. The number of halogens is 1. The van der Waals surface area contributed by atoms with Crippen molar-refractivity contribution in [3.05, 3.63) is 35.4 Å². The van der Waals surface area contributed by atoms with E-state index in [-0.39, 0.29) is 29.9 Å². The first-order valence-corrected chi connectivity index (χ1v) is 10.3. The number of amides is 1. The predicted octanol–water partition coefficient (Wildman–Crippen LogP) is 1.71. The standard InChI is InChI=1S/C21H35N5O2.HI/c1-4-18-8-6-7-9-19(18)16-24-21(22-5-2)26-13-11-25(12-14-26)17-20(27)23-10-15-28-3;/h6-9H,4-5,10-17H2,1-3H3,(H,22,24)(H,23,27);1H. The Bertz CT molecular complexity index is 633. The zero-order chi connectivity index (χ0) is 20.2. The number of carbonyl (C=O) groups excluding carboxylic acids is 1. The van der Waals surface area contributed by atoms with Crippen molar-refractivity contribution in [1.82, 2.24) is 20.4 Å². The van der Waals surface area contributed by atoms with E-state index in [0.29, 0.717) is 26.2 Å². The summed E-state index contributed by atoms with van der Waals surface area (Å²) in [5.41, 5.74) is 2.64. The number of aliphatic imine (C=N–C) groups is 1. The van der Waals surface area contributed by atoms with Crippen molar-refractivity contribution in [2.45, 2.75) is 26.8 Å². The molecule has 164 valence electrons. The lowest BCUT2D eigenvalue weighted by Gasteiger charge is -2.36. The maximum atomic E-state index is 12.0. The highest BCUT2D eigenvalue weighted by molar-refractivity contribution is 14.0. The van der Waals surface area contributed by atoms with Crippen molar-refractivity contribution in [2.75, 3.05) is 59.5 Å². The van der Waals surface area contributed by atoms with Crippen LogP contribution in [0.5, 0.6) is 0 Å². The van der Waals surface area contributed by atoms with Crippen molar-refractivity contribution in [3.63, 3.8) is 0 Å². The summed E-state index contributed by atoms with van der Waals surface area (Å²) in [4.78, 5) is 21.3. The van der Waals surface area contributed by atoms with Crippen LogP contribution in [0.2, 0.25) is 0 Å². The van der Waals surface area contributed by atoms with Crippen LogP contribution in [0.1, 0.15) is 25.0 Å². The molecule has 0 aromatic heterocycles. The lowest BCUT2D eigenvalue weighted by atomic mass is 10.1. The normalized spacial score (nSPS) is 15.0. The molecular weight excluding hydrogens is 481 g/mol. The number of rotatable bonds is 9. The van der Waals surface area contributed by atoms with Crippen LogP contribution < -0.4 is 10.6 Å². The molecule has 1 aromatic rings. The zero-order valence-corrected chi connectivity index (χ0v) is 20.3. The first-order chi connectivity index (χ1) is 13.7. The van der Waals surface area contributed by atoms with Crippen LogP contribution in [0.4, 0.5) is 0 Å². The van der Waals surface area contributed by atoms with Gasteiger partial charge in [0.25, 0.3) is 0 Å². The van der Waals surface area contributed by atoms with Gasteiger partial charge >= 0.3 is 0 Å². The fourth-order valence-electron chi connectivity index (χ4n) is 3.31. The van der Waals surface area contributed by atoms with Gasteiger partial charge in [0.1, 0.15) is 0 Å². The minimum absolute atomic E-state index is 0. The third-order valence-electron chi connectivity index (χ3n) is 4.90. The Labute approximate surface area is 192 Å². The first kappa shape index (κ1) is 25.6. The van der Waals surface area contributed by atoms with Gasteiger partial charge in [0.05, 0.1) is 19.7 Å². The molecule has 1 fully saturated rings. The summed E-state index contributed by atoms with van der Waals surface area (Å²) in [7, 11) is 1.63. The van der Waals surface area contributed by atoms with E-state index in [1.54, 1.807) is 7.11 Å². The van der Waals surface area contributed by atoms with Crippen LogP contribution >= 0.6 is 24.0 Å². The van der Waals surface area contributed by atoms with Gasteiger partial charge in [-0.2, -0.15) is 0 Å². The quantitative estimate of drug-likeness (QED) is 0.226. The molecule has 8 heteroatoms. The molecule has 2 rings (SSSR count). The molecule has 0 spiro atoms. The molecule has 0 saturated carbocycles. The Balaban J connectivity index is 0.00000420. The van der Waals surface area contributed by atoms with Crippen LogP contribution in [0.15, 0.2) is 29.3 Å². The molecule has 1 aliphatic heterocycles. The second-order valence-electron chi connectivity index (χ2n) is 6.90. The van der Waals surface area contributed by atoms with Gasteiger partial charge in [0.2, 0.25) is 5.91 Å². The number of methoxy groups -OCH3 is 1. The smallest absolute Gasteiger partial charge is 0.234 e. The number of guanidine groups is 1. The van der Waals surface area contributed by atoms with E-state index in [2.05, 4.69) is 58.5 Å². The van der Waals surface area contributed by atoms with E-state index in [1.807, 2.05) is 0 Å². The molecule has 0 bridgehead atoms. The Morgan fingerprint density at radius 3 is 2.41 bits per heavy atom. The second kappa shape index (κ2) is 14.6. The number of ether oxygens (including phenoxy) is 1. The number of aryl methyl sites for hydroxylation is 1. The molecule has 1 amide bonds. The van der Waals surface area contributed by atoms with Gasteiger partial charge in [0.15, 0.2) is 5.96 Å². The summed E-state index contributed by atoms with van der Waals surface area (Å²) in [6.45, 7) is 10.8. The summed E-state index contributed by atoms with van der Waals surface area (Å²) >= 11 is 0. The Morgan fingerprint density at radius 2 is 1.79 bits per heavy atom. The highest BCUT2D eigenvalue weighted by atomic mass is 127. The molecule has 0 atom stereocenters. The molecule has 7 nitrogen and oxygen atoms in total. The Kier molecular flexibility index (Phi) is 12.9. The van der Waals surface area contributed by atoms with Crippen LogP contribution in [-0.4, -0.2) is 81.2 Å². The van der Waals surface area contributed by atoms with E-state index in [0.717, 1.165) is 45.1 Å². The number of nitrogens with one attached hydrogen (secondary N) is 2. The van der Waals surface area contributed by atoms with E-state index in [4.69, 9.17) is 9.73 Å². The minimum Gasteiger partial charge on any atom is -0.383 e. The minimum atomic E-state index is 0. The number of hydrogen-bond donors (Lipinski definition) is 2. The predicted molar refractivity (Wildman–Crippen MR) is 129 cm³/mol. The second-order valence-corrected chi connectivity index (χ2v) is 6.90. The fourth-order valence-corrected chi connectivity index (χ4v) is 3.31. The molecule has 1 heterocycles. The fraction of sp³-hybridized carbons (Fsp3) is 0.619. The highest BCUT2D eigenvalue weighted by Gasteiger charge is 2.21. The molecular formula is C21H36IN5O2. The van der Waals surface area contributed by atoms with Crippen LogP contribution in [-0.2, 0) is 22.5 Å². The number of hydrogen-bond acceptors (Lipinski definition) is 4. The lowest BCUT2D eigenvalue weighted by molar-refractivity contribution is -0.122. The van der Waals surface area contributed by atoms with Crippen molar-refractivity contribution < 1.29 is 9.53 Å². The maximum absolute atomic E-state index is 12.0. The third-order valence-corrected chi connectivity index (χ3v) is 4.90. The zero-order valence-electron chi connectivity index (χ0n) is 17.9. The molecule has 0 unspecified atom stereocenters. The molecule has 29 heavy (non-hydrogen) atoms. The van der Waals surface area contributed by atoms with E-state index < -0.39 is 0 Å². The van der Waals surface area contributed by atoms with Gasteiger partial charge in [-0.05, 0) is 24.5 Å². The topological polar surface area (TPSA) is 69.2 Å². The molecule has 1 saturated heterocycles. The molecule has 1 aromatic carbocycles. The summed E-state index contributed by atoms with van der Waals surface area (Å²) in [5, 5.41) is 6.29. The average molecular weight is 517 g/mol. The van der Waals surface area contributed by atoms with Gasteiger partial charge < -0.3 is 20.3 Å². The number of nitrogens with zero attached hydrogens (tertiary/aromatic N) is 3. The van der Waals surface area contributed by atoms with Crippen molar-refractivity contribution >= 4 is 35.8 Å². The van der Waals surface area contributed by atoms with Crippen LogP contribution in [0.25, 0.3) is 0 Å². The lowest BCUT2D eigenvalue weighted by Crippen LogP contribution is -2.54. The maximum Gasteiger partial charge on any atom is 0.234 e. The average Bonchev–Trinajstić information content (AvgIpc) is 2.72. The van der Waals surface area contributed by atoms with Crippen molar-refractivity contribution in [1.29, 1.82) is 0 Å². The summed E-state index contributed by atoms with van der Waals surface area (Å²) in [6.07, 6.45) is 1.02. The third kappa shape index (κ3) is 8.88. The Hall–Kier alpha value is -1.39. The van der Waals surface area contributed by atoms with Crippen molar-refractivity contribution in [3.8, 4) is 0 Å². The number of benzene rings is 1. The monoisotopic (exact) mass is 517 g/mol. The molecule has 1 aliphatic rings. The number of carbonyl (C=O) groups is 1. The van der Waals surface area contributed by atoms with Gasteiger partial charge in [-0.25, -0.2) is 4.99 Å². The Morgan fingerprint density at radius 1 is 1.10 bits per heavy atom. The van der Waals surface area contributed by atoms with Gasteiger partial charge in [0, 0.05) is 46.4 Å². The first-order valence-electron chi connectivity index (χ1n) is 10.3. The number of piperazine rings is 1. The molecule has 0 aliphatic carbocycles. The van der Waals surface area contributed by atoms with Gasteiger partial charge in [-0.3, -0.25) is 9.69 Å². The summed E-state index contributed by atoms with van der Waals surface area (Å²) in [6, 6.07) is 8.50. The largest absolute Gasteiger partial charge is 0.383 e. The van der Waals surface area contributed by atoms with Crippen LogP contribution in [0.3, 0.4) is 0 Å². The highest BCUT2D eigenvalue weighted by Crippen LogP contribution is 2.11. The molecule has 0 radical (unpaired) electrons. The van der Waals surface area contributed by atoms with E-state index in [9.17, 15) is 4.79 Å². The summed E-state index contributed by atoms with van der Waals surface area (Å²) in [5.74, 6) is 1.01. The van der Waals surface area contributed by atoms with Crippen molar-refractivity contribution in [2.24, 2.45) is 4.99 Å². The van der Waals surface area contributed by atoms with Gasteiger partial charge in [-0.1, -0.05) is 31.2 Å². The molecule has 2 N–H and O–H groups in total.